The number of amides is 1. The molecule has 1 aliphatic rings. The van der Waals surface area contributed by atoms with Gasteiger partial charge in [0.1, 0.15) is 5.75 Å². The second-order valence-corrected chi connectivity index (χ2v) is 7.15. The van der Waals surface area contributed by atoms with E-state index < -0.39 is 0 Å². The molecule has 1 aliphatic carbocycles. The lowest BCUT2D eigenvalue weighted by Crippen LogP contribution is -2.27. The van der Waals surface area contributed by atoms with Gasteiger partial charge in [0.05, 0.1) is 11.5 Å². The van der Waals surface area contributed by atoms with E-state index in [2.05, 4.69) is 21.2 Å². The second-order valence-electron chi connectivity index (χ2n) is 6.24. The molecule has 4 heteroatoms. The third-order valence-corrected chi connectivity index (χ3v) is 4.54. The summed E-state index contributed by atoms with van der Waals surface area (Å²) in [4.78, 5) is 12.7. The predicted octanol–water partition coefficient (Wildman–Crippen LogP) is 4.91. The first-order valence-electron chi connectivity index (χ1n) is 7.84. The van der Waals surface area contributed by atoms with Gasteiger partial charge in [-0.15, -0.1) is 0 Å². The summed E-state index contributed by atoms with van der Waals surface area (Å²) in [6.45, 7) is 3.98. The molecule has 0 aliphatic heterocycles. The van der Waals surface area contributed by atoms with Crippen molar-refractivity contribution >= 4 is 27.5 Å². The van der Waals surface area contributed by atoms with Gasteiger partial charge in [-0.05, 0) is 68.7 Å². The van der Waals surface area contributed by atoms with E-state index in [-0.39, 0.29) is 17.4 Å². The smallest absolute Gasteiger partial charge is 0.235 e. The number of hydrogen-bond donors (Lipinski definition) is 1. The van der Waals surface area contributed by atoms with Crippen LogP contribution in [-0.4, -0.2) is 12.0 Å². The molecule has 1 amide bonds. The molecule has 1 fully saturated rings. The summed E-state index contributed by atoms with van der Waals surface area (Å²) in [7, 11) is 0. The molecule has 0 unspecified atom stereocenters. The Balaban J connectivity index is 1.72. The molecule has 0 bridgehead atoms. The number of anilines is 1. The molecule has 1 N–H and O–H groups in total. The van der Waals surface area contributed by atoms with Gasteiger partial charge in [-0.1, -0.05) is 28.1 Å². The van der Waals surface area contributed by atoms with Crippen LogP contribution in [0.3, 0.4) is 0 Å². The first kappa shape index (κ1) is 16.1. The average Bonchev–Trinajstić information content (AvgIpc) is 3.30. The van der Waals surface area contributed by atoms with Gasteiger partial charge in [0.15, 0.2) is 0 Å². The zero-order chi connectivity index (χ0) is 16.4. The van der Waals surface area contributed by atoms with E-state index in [0.717, 1.165) is 34.3 Å². The number of ether oxygens (including phenoxy) is 1. The van der Waals surface area contributed by atoms with Crippen LogP contribution < -0.4 is 10.1 Å². The highest BCUT2D eigenvalue weighted by atomic mass is 79.9. The summed E-state index contributed by atoms with van der Waals surface area (Å²) in [5.74, 6) is 0.874. The fraction of sp³-hybridized carbons (Fsp3) is 0.316. The van der Waals surface area contributed by atoms with Gasteiger partial charge in [-0.3, -0.25) is 4.79 Å². The maximum absolute atomic E-state index is 12.7. The topological polar surface area (TPSA) is 38.3 Å². The Labute approximate surface area is 145 Å². The lowest BCUT2D eigenvalue weighted by Gasteiger charge is -2.16. The zero-order valence-electron chi connectivity index (χ0n) is 13.3. The molecule has 0 radical (unpaired) electrons. The lowest BCUT2D eigenvalue weighted by molar-refractivity contribution is -0.118. The van der Waals surface area contributed by atoms with E-state index in [1.54, 1.807) is 0 Å². The fourth-order valence-corrected chi connectivity index (χ4v) is 3.10. The van der Waals surface area contributed by atoms with E-state index in [4.69, 9.17) is 4.74 Å². The monoisotopic (exact) mass is 373 g/mol. The van der Waals surface area contributed by atoms with Crippen molar-refractivity contribution in [3.05, 3.63) is 58.6 Å². The van der Waals surface area contributed by atoms with Crippen molar-refractivity contribution in [2.45, 2.75) is 38.2 Å². The van der Waals surface area contributed by atoms with E-state index in [1.165, 1.54) is 0 Å². The summed E-state index contributed by atoms with van der Waals surface area (Å²) < 4.78 is 6.62. The van der Waals surface area contributed by atoms with Crippen LogP contribution in [0.2, 0.25) is 0 Å². The Bertz CT molecular complexity index is 706. The molecule has 0 atom stereocenters. The number of halogens is 1. The third kappa shape index (κ3) is 3.58. The molecule has 0 heterocycles. The fourth-order valence-electron chi connectivity index (χ4n) is 2.70. The third-order valence-electron chi connectivity index (χ3n) is 4.05. The number of carbonyl (C=O) groups excluding carboxylic acids is 1. The minimum absolute atomic E-state index is 0.0631. The Morgan fingerprint density at radius 1 is 1.17 bits per heavy atom. The van der Waals surface area contributed by atoms with Crippen LogP contribution in [0.4, 0.5) is 5.69 Å². The van der Waals surface area contributed by atoms with E-state index in [9.17, 15) is 4.79 Å². The molecule has 2 aromatic rings. The molecule has 0 saturated heterocycles. The highest BCUT2D eigenvalue weighted by Gasteiger charge is 2.51. The van der Waals surface area contributed by atoms with E-state index in [0.29, 0.717) is 0 Å². The summed E-state index contributed by atoms with van der Waals surface area (Å²) in [5, 5.41) is 3.03. The number of benzene rings is 2. The SMILES string of the molecule is CC(C)Oc1ccc(NC(=O)C2(c3cccc(Br)c3)CC2)cc1. The van der Waals surface area contributed by atoms with Crippen LogP contribution in [0.1, 0.15) is 32.3 Å². The quantitative estimate of drug-likeness (QED) is 0.808. The first-order valence-corrected chi connectivity index (χ1v) is 8.63. The van der Waals surface area contributed by atoms with Crippen LogP contribution in [0.5, 0.6) is 5.75 Å². The molecule has 0 spiro atoms. The van der Waals surface area contributed by atoms with Crippen LogP contribution in [0, 0.1) is 0 Å². The van der Waals surface area contributed by atoms with Gasteiger partial charge in [-0.2, -0.15) is 0 Å². The zero-order valence-corrected chi connectivity index (χ0v) is 14.9. The number of hydrogen-bond acceptors (Lipinski definition) is 2. The van der Waals surface area contributed by atoms with Gasteiger partial charge < -0.3 is 10.1 Å². The van der Waals surface area contributed by atoms with Gasteiger partial charge >= 0.3 is 0 Å². The lowest BCUT2D eigenvalue weighted by atomic mass is 9.95. The van der Waals surface area contributed by atoms with Crippen molar-refractivity contribution in [3.8, 4) is 5.75 Å². The van der Waals surface area contributed by atoms with Crippen molar-refractivity contribution in [3.63, 3.8) is 0 Å². The van der Waals surface area contributed by atoms with Crippen LogP contribution >= 0.6 is 15.9 Å². The van der Waals surface area contributed by atoms with Crippen LogP contribution in [0.15, 0.2) is 53.0 Å². The molecule has 1 saturated carbocycles. The Morgan fingerprint density at radius 2 is 1.87 bits per heavy atom. The largest absolute Gasteiger partial charge is 0.491 e. The standard InChI is InChI=1S/C19H20BrNO2/c1-13(2)23-17-8-6-16(7-9-17)21-18(22)19(10-11-19)14-4-3-5-15(20)12-14/h3-9,12-13H,10-11H2,1-2H3,(H,21,22). The van der Waals surface area contributed by atoms with Gasteiger partial charge in [0.2, 0.25) is 5.91 Å². The van der Waals surface area contributed by atoms with Gasteiger partial charge in [-0.25, -0.2) is 0 Å². The minimum Gasteiger partial charge on any atom is -0.491 e. The predicted molar refractivity (Wildman–Crippen MR) is 95.9 cm³/mol. The Kier molecular flexibility index (Phi) is 4.44. The first-order chi connectivity index (χ1) is 11.0. The minimum atomic E-state index is -0.378. The molecule has 2 aromatic carbocycles. The summed E-state index contributed by atoms with van der Waals surface area (Å²) >= 11 is 3.48. The number of carbonyl (C=O) groups is 1. The highest BCUT2D eigenvalue weighted by Crippen LogP contribution is 2.49. The molecular weight excluding hydrogens is 354 g/mol. The number of rotatable bonds is 5. The molecular formula is C19H20BrNO2. The molecule has 23 heavy (non-hydrogen) atoms. The maximum atomic E-state index is 12.7. The van der Waals surface area contributed by atoms with E-state index in [1.807, 2.05) is 62.4 Å². The van der Waals surface area contributed by atoms with E-state index >= 15 is 0 Å². The average molecular weight is 374 g/mol. The second kappa shape index (κ2) is 6.36. The van der Waals surface area contributed by atoms with Crippen molar-refractivity contribution < 1.29 is 9.53 Å². The van der Waals surface area contributed by atoms with Crippen LogP contribution in [0.25, 0.3) is 0 Å². The normalized spacial score (nSPS) is 15.3. The summed E-state index contributed by atoms with van der Waals surface area (Å²) in [6, 6.07) is 15.5. The summed E-state index contributed by atoms with van der Waals surface area (Å²) in [5.41, 5.74) is 1.49. The molecule has 0 aromatic heterocycles. The maximum Gasteiger partial charge on any atom is 0.235 e. The van der Waals surface area contributed by atoms with Crippen molar-refractivity contribution in [2.75, 3.05) is 5.32 Å². The molecule has 3 nitrogen and oxygen atoms in total. The van der Waals surface area contributed by atoms with Crippen molar-refractivity contribution in [2.24, 2.45) is 0 Å². The Hall–Kier alpha value is -1.81. The van der Waals surface area contributed by atoms with Gasteiger partial charge in [0, 0.05) is 10.2 Å². The number of nitrogens with one attached hydrogen (secondary N) is 1. The summed E-state index contributed by atoms with van der Waals surface area (Å²) in [6.07, 6.45) is 1.93. The van der Waals surface area contributed by atoms with Crippen molar-refractivity contribution in [1.82, 2.24) is 0 Å². The van der Waals surface area contributed by atoms with Crippen molar-refractivity contribution in [1.29, 1.82) is 0 Å². The Morgan fingerprint density at radius 3 is 2.43 bits per heavy atom. The molecule has 120 valence electrons. The van der Waals surface area contributed by atoms with Gasteiger partial charge in [0.25, 0.3) is 0 Å². The highest BCUT2D eigenvalue weighted by molar-refractivity contribution is 9.10. The van der Waals surface area contributed by atoms with Crippen LogP contribution in [-0.2, 0) is 10.2 Å². The molecule has 3 rings (SSSR count).